The third-order valence-electron chi connectivity index (χ3n) is 7.48. The van der Waals surface area contributed by atoms with Crippen LogP contribution in [-0.4, -0.2) is 86.5 Å². The third-order valence-corrected chi connectivity index (χ3v) is 9.54. The van der Waals surface area contributed by atoms with E-state index in [1.165, 1.54) is 21.8 Å². The Kier molecular flexibility index (Phi) is 7.40. The van der Waals surface area contributed by atoms with Crippen molar-refractivity contribution in [2.45, 2.75) is 56.1 Å². The number of ether oxygens (including phenoxy) is 2. The van der Waals surface area contributed by atoms with Gasteiger partial charge in [-0.2, -0.15) is 9.97 Å². The van der Waals surface area contributed by atoms with E-state index in [-0.39, 0.29) is 60.1 Å². The Morgan fingerprint density at radius 1 is 0.778 bits per heavy atom. The smallest absolute Gasteiger partial charge is 0.369 e. The van der Waals surface area contributed by atoms with Crippen LogP contribution in [0.5, 0.6) is 0 Å². The Hall–Kier alpha value is -3.56. The number of phosphoric ester groups is 2. The molecule has 8 N–H and O–H groups in total. The zero-order chi connectivity index (χ0) is 31.7. The molecule has 3 fully saturated rings. The first kappa shape index (κ1) is 30.1. The molecule has 3 saturated heterocycles. The lowest BCUT2D eigenvalue weighted by Crippen LogP contribution is -2.29. The predicted molar refractivity (Wildman–Crippen MR) is 148 cm³/mol. The van der Waals surface area contributed by atoms with Crippen molar-refractivity contribution < 1.29 is 46.5 Å². The van der Waals surface area contributed by atoms with Crippen LogP contribution >= 0.6 is 15.6 Å². The molecule has 45 heavy (non-hydrogen) atoms. The number of aromatic nitrogens is 8. The molecular weight excluding hydrogens is 646 g/mol. The number of nitrogen functional groups attached to an aromatic ring is 2. The Labute approximate surface area is 249 Å². The fraction of sp³-hybridized carbons (Fsp3) is 0.524. The van der Waals surface area contributed by atoms with E-state index in [0.717, 1.165) is 0 Å². The average Bonchev–Trinajstić information content (AvgIpc) is 3.72. The predicted octanol–water partition coefficient (Wildman–Crippen LogP) is -0.600. The molecule has 4 unspecified atom stereocenters. The summed E-state index contributed by atoms with van der Waals surface area (Å²) in [6.07, 6.45) is -3.84. The van der Waals surface area contributed by atoms with Crippen LogP contribution in [0, 0.1) is 0 Å². The van der Waals surface area contributed by atoms with Gasteiger partial charge in [-0.15, -0.1) is 0 Å². The van der Waals surface area contributed by atoms with Crippen molar-refractivity contribution in [3.63, 3.8) is 0 Å². The van der Waals surface area contributed by atoms with Gasteiger partial charge in [-0.3, -0.25) is 46.8 Å². The number of nitrogens with zero attached hydrogens (tertiary/aromatic N) is 6. The van der Waals surface area contributed by atoms with Crippen molar-refractivity contribution in [2.24, 2.45) is 0 Å². The van der Waals surface area contributed by atoms with Gasteiger partial charge >= 0.3 is 15.6 Å². The molecule has 0 amide bonds. The van der Waals surface area contributed by atoms with Gasteiger partial charge in [0.2, 0.25) is 11.9 Å². The van der Waals surface area contributed by atoms with Gasteiger partial charge in [0, 0.05) is 19.3 Å². The van der Waals surface area contributed by atoms with Crippen LogP contribution in [0.4, 0.5) is 11.9 Å². The van der Waals surface area contributed by atoms with Crippen molar-refractivity contribution in [3.8, 4) is 0 Å². The standard InChI is InChI=1S/C21H26N10O12P2/c22-20-26-16-14(18(32)28-20)24-6-30(16)12-3-9-8(40-12)1-2-38-44(34,35)43-10-4-13(41-11(10)5-39-45(36,37)42-9)31-7-25-15-17(31)27-21(23)29-19(15)33/h6-13H,1-5H2,(H,34,35)(H,36,37)(H3,22,26,28,32)(H3,23,27,29,33)/t8-,9?,10?,11-,12-,13-/m1/s1. The van der Waals surface area contributed by atoms with E-state index in [1.807, 2.05) is 0 Å². The Bertz CT molecular complexity index is 1990. The Balaban J connectivity index is 1.13. The molecule has 0 spiro atoms. The number of anilines is 2. The summed E-state index contributed by atoms with van der Waals surface area (Å²) in [5, 5.41) is 0. The first-order chi connectivity index (χ1) is 21.4. The zero-order valence-corrected chi connectivity index (χ0v) is 24.7. The zero-order valence-electron chi connectivity index (χ0n) is 22.9. The van der Waals surface area contributed by atoms with Gasteiger partial charge in [0.25, 0.3) is 11.1 Å². The highest BCUT2D eigenvalue weighted by Crippen LogP contribution is 2.53. The summed E-state index contributed by atoms with van der Waals surface area (Å²) in [7, 11) is -9.52. The molecule has 4 aromatic heterocycles. The molecule has 24 heteroatoms. The van der Waals surface area contributed by atoms with E-state index >= 15 is 0 Å². The number of rotatable bonds is 2. The van der Waals surface area contributed by atoms with E-state index in [9.17, 15) is 28.5 Å². The maximum absolute atomic E-state index is 13.1. The van der Waals surface area contributed by atoms with Crippen LogP contribution in [0.25, 0.3) is 22.3 Å². The molecule has 3 aliphatic rings. The van der Waals surface area contributed by atoms with E-state index in [4.69, 9.17) is 39.0 Å². The van der Waals surface area contributed by atoms with Gasteiger partial charge in [0.15, 0.2) is 22.3 Å². The van der Waals surface area contributed by atoms with Crippen molar-refractivity contribution in [1.82, 2.24) is 39.0 Å². The van der Waals surface area contributed by atoms with E-state index in [1.54, 1.807) is 0 Å². The molecule has 0 saturated carbocycles. The number of aromatic amines is 2. The first-order valence-electron chi connectivity index (χ1n) is 13.4. The second kappa shape index (κ2) is 11.1. The third kappa shape index (κ3) is 5.81. The summed E-state index contributed by atoms with van der Waals surface area (Å²) < 4.78 is 62.2. The topological polar surface area (TPSA) is 309 Å². The molecule has 4 aromatic rings. The lowest BCUT2D eigenvalue weighted by atomic mass is 10.1. The highest BCUT2D eigenvalue weighted by Gasteiger charge is 2.46. The SMILES string of the molecule is Nc1nc2c(ncn2[C@H]2CC3OP(=O)(O)OC[C@H]4O[C@@H](n5cnc6c(=O)[nH]c(N)nc65)CC4OP(=O)(O)OCC[C@H]3O2)c(=O)[nH]1. The molecule has 8 atom stereocenters. The van der Waals surface area contributed by atoms with Crippen molar-refractivity contribution in [2.75, 3.05) is 24.7 Å². The number of nitrogens with two attached hydrogens (primary N) is 2. The molecule has 22 nitrogen and oxygen atoms in total. The largest absolute Gasteiger partial charge is 0.472 e. The summed E-state index contributed by atoms with van der Waals surface area (Å²) in [4.78, 5) is 66.6. The summed E-state index contributed by atoms with van der Waals surface area (Å²) in [6.45, 7) is -0.992. The Morgan fingerprint density at radius 3 is 1.82 bits per heavy atom. The van der Waals surface area contributed by atoms with Gasteiger partial charge in [-0.1, -0.05) is 0 Å². The lowest BCUT2D eigenvalue weighted by molar-refractivity contribution is -0.0464. The summed E-state index contributed by atoms with van der Waals surface area (Å²) in [5.74, 6) is -0.330. The normalized spacial score (nSPS) is 34.6. The molecule has 7 rings (SSSR count). The summed E-state index contributed by atoms with van der Waals surface area (Å²) in [6, 6.07) is 0. The molecule has 0 aromatic carbocycles. The van der Waals surface area contributed by atoms with Crippen LogP contribution in [0.3, 0.4) is 0 Å². The van der Waals surface area contributed by atoms with Gasteiger partial charge < -0.3 is 30.7 Å². The fourth-order valence-electron chi connectivity index (χ4n) is 5.53. The fourth-order valence-corrected chi connectivity index (χ4v) is 7.46. The van der Waals surface area contributed by atoms with Crippen molar-refractivity contribution in [1.29, 1.82) is 0 Å². The highest BCUT2D eigenvalue weighted by atomic mass is 31.2. The number of fused-ring (bicyclic) bond motifs is 4. The molecule has 242 valence electrons. The van der Waals surface area contributed by atoms with E-state index in [2.05, 4.69) is 29.9 Å². The minimum atomic E-state index is -4.80. The second-order valence-electron chi connectivity index (χ2n) is 10.4. The minimum absolute atomic E-state index is 0.00659. The van der Waals surface area contributed by atoms with Crippen LogP contribution in [-0.2, 0) is 36.7 Å². The van der Waals surface area contributed by atoms with Gasteiger partial charge in [-0.25, -0.2) is 19.1 Å². The van der Waals surface area contributed by atoms with Crippen LogP contribution in [0.2, 0.25) is 0 Å². The van der Waals surface area contributed by atoms with Crippen LogP contribution in [0.1, 0.15) is 31.7 Å². The number of H-pyrrole nitrogens is 2. The molecule has 0 bridgehead atoms. The number of nitrogens with one attached hydrogen (secondary N) is 2. The maximum atomic E-state index is 13.1. The highest BCUT2D eigenvalue weighted by molar-refractivity contribution is 7.47. The second-order valence-corrected chi connectivity index (χ2v) is 13.2. The number of hydrogen-bond donors (Lipinski definition) is 6. The monoisotopic (exact) mass is 672 g/mol. The van der Waals surface area contributed by atoms with Gasteiger partial charge in [-0.05, 0) is 0 Å². The van der Waals surface area contributed by atoms with Crippen molar-refractivity contribution in [3.05, 3.63) is 33.4 Å². The quantitative estimate of drug-likeness (QED) is 0.145. The number of hydrogen-bond acceptors (Lipinski definition) is 16. The molecule has 0 aliphatic carbocycles. The van der Waals surface area contributed by atoms with Crippen molar-refractivity contribution >= 4 is 49.9 Å². The maximum Gasteiger partial charge on any atom is 0.472 e. The van der Waals surface area contributed by atoms with Gasteiger partial charge in [0.05, 0.1) is 32.0 Å². The Morgan fingerprint density at radius 2 is 1.27 bits per heavy atom. The summed E-state index contributed by atoms with van der Waals surface area (Å²) in [5.41, 5.74) is 10.3. The molecule has 3 aliphatic heterocycles. The number of imidazole rings is 2. The van der Waals surface area contributed by atoms with E-state index in [0.29, 0.717) is 0 Å². The minimum Gasteiger partial charge on any atom is -0.369 e. The van der Waals surface area contributed by atoms with Gasteiger partial charge in [0.1, 0.15) is 30.8 Å². The summed E-state index contributed by atoms with van der Waals surface area (Å²) >= 11 is 0. The number of phosphoric acid groups is 2. The molecule has 0 radical (unpaired) electrons. The first-order valence-corrected chi connectivity index (χ1v) is 16.4. The lowest BCUT2D eigenvalue weighted by Gasteiger charge is -2.22. The van der Waals surface area contributed by atoms with E-state index < -0.39 is 70.2 Å². The molecule has 7 heterocycles. The molecular formula is C21H26N10O12P2. The van der Waals surface area contributed by atoms with Crippen LogP contribution in [0.15, 0.2) is 22.2 Å². The average molecular weight is 672 g/mol. The van der Waals surface area contributed by atoms with Crippen LogP contribution < -0.4 is 22.6 Å².